The zero-order valence-electron chi connectivity index (χ0n) is 7.71. The van der Waals surface area contributed by atoms with Crippen molar-refractivity contribution in [1.82, 2.24) is 4.98 Å². The minimum absolute atomic E-state index is 0.194. The van der Waals surface area contributed by atoms with Crippen molar-refractivity contribution in [3.63, 3.8) is 0 Å². The fourth-order valence-electron chi connectivity index (χ4n) is 0.770. The molecule has 0 unspecified atom stereocenters. The molecule has 1 aromatic rings. The SMILES string of the molecule is [C-]#[N+]/N=C/c1ccc(C=NC#N)[nH]1.[Cl][Fe][Cl]. The van der Waals surface area contributed by atoms with Gasteiger partial charge in [0.05, 0.1) is 22.7 Å². The van der Waals surface area contributed by atoms with Crippen molar-refractivity contribution in [2.75, 3.05) is 0 Å². The first kappa shape index (κ1) is 14.7. The predicted molar refractivity (Wildman–Crippen MR) is 59.9 cm³/mol. The Morgan fingerprint density at radius 2 is 2.00 bits per heavy atom. The average molecular weight is 298 g/mol. The quantitative estimate of drug-likeness (QED) is 0.294. The third-order valence-electron chi connectivity index (χ3n) is 1.25. The summed E-state index contributed by atoms with van der Waals surface area (Å²) in [5.74, 6) is 0. The van der Waals surface area contributed by atoms with Crippen LogP contribution in [-0.2, 0) is 13.1 Å². The average Bonchev–Trinajstić information content (AvgIpc) is 2.72. The monoisotopic (exact) mass is 297 g/mol. The van der Waals surface area contributed by atoms with Gasteiger partial charge in [0.25, 0.3) is 0 Å². The molecule has 0 aromatic carbocycles. The van der Waals surface area contributed by atoms with Gasteiger partial charge < -0.3 is 4.98 Å². The van der Waals surface area contributed by atoms with Crippen molar-refractivity contribution >= 4 is 32.6 Å². The molecular weight excluding hydrogens is 293 g/mol. The van der Waals surface area contributed by atoms with Gasteiger partial charge >= 0.3 is 33.3 Å². The maximum absolute atomic E-state index is 8.15. The van der Waals surface area contributed by atoms with Gasteiger partial charge in [0.2, 0.25) is 6.19 Å². The van der Waals surface area contributed by atoms with Crippen molar-refractivity contribution in [2.45, 2.75) is 0 Å². The Labute approximate surface area is 107 Å². The van der Waals surface area contributed by atoms with Gasteiger partial charge in [-0.25, -0.2) is 0 Å². The van der Waals surface area contributed by atoms with E-state index in [-0.39, 0.29) is 13.1 Å². The molecule has 0 radical (unpaired) electrons. The van der Waals surface area contributed by atoms with E-state index in [1.54, 1.807) is 18.3 Å². The molecule has 0 bridgehead atoms. The van der Waals surface area contributed by atoms with Crippen LogP contribution in [0.2, 0.25) is 0 Å². The summed E-state index contributed by atoms with van der Waals surface area (Å²) in [4.78, 5) is 9.09. The first-order valence-electron chi connectivity index (χ1n) is 3.64. The molecule has 1 aromatic heterocycles. The second-order valence-corrected chi connectivity index (χ2v) is 3.95. The van der Waals surface area contributed by atoms with Crippen molar-refractivity contribution in [1.29, 1.82) is 5.26 Å². The van der Waals surface area contributed by atoms with Gasteiger partial charge in [-0.1, -0.05) is 0 Å². The van der Waals surface area contributed by atoms with E-state index >= 15 is 0 Å². The summed E-state index contributed by atoms with van der Waals surface area (Å²) in [6.07, 6.45) is 4.43. The second-order valence-electron chi connectivity index (χ2n) is 2.12. The van der Waals surface area contributed by atoms with Crippen LogP contribution in [0.15, 0.2) is 22.2 Å². The summed E-state index contributed by atoms with van der Waals surface area (Å²) in [7, 11) is 9.53. The number of nitriles is 1. The first-order chi connectivity index (χ1) is 7.78. The molecule has 0 atom stereocenters. The summed E-state index contributed by atoms with van der Waals surface area (Å²) < 4.78 is 0. The summed E-state index contributed by atoms with van der Waals surface area (Å²) in [6, 6.07) is 3.49. The number of aromatic amines is 1. The number of nitrogens with one attached hydrogen (secondary N) is 1. The van der Waals surface area contributed by atoms with Gasteiger partial charge in [0, 0.05) is 0 Å². The Morgan fingerprint density at radius 1 is 1.44 bits per heavy atom. The fourth-order valence-corrected chi connectivity index (χ4v) is 0.770. The molecule has 1 rings (SSSR count). The molecule has 0 amide bonds. The van der Waals surface area contributed by atoms with Crippen LogP contribution in [-0.4, -0.2) is 17.4 Å². The van der Waals surface area contributed by atoms with Gasteiger partial charge in [0.15, 0.2) is 0 Å². The van der Waals surface area contributed by atoms with Gasteiger partial charge in [0.1, 0.15) is 6.21 Å². The molecule has 0 fully saturated rings. The normalized spacial score (nSPS) is 9.75. The van der Waals surface area contributed by atoms with E-state index in [1.807, 2.05) is 0 Å². The molecule has 0 saturated carbocycles. The van der Waals surface area contributed by atoms with E-state index in [9.17, 15) is 0 Å². The van der Waals surface area contributed by atoms with Crippen LogP contribution in [0.3, 0.4) is 0 Å². The molecule has 1 heterocycles. The Balaban J connectivity index is 0.000000673. The molecule has 0 aliphatic carbocycles. The Kier molecular flexibility index (Phi) is 9.39. The number of H-pyrrole nitrogens is 1. The van der Waals surface area contributed by atoms with E-state index in [0.29, 0.717) is 11.4 Å². The summed E-state index contributed by atoms with van der Waals surface area (Å²) in [5, 5.41) is 11.5. The van der Waals surface area contributed by atoms with E-state index in [1.165, 1.54) is 12.4 Å². The van der Waals surface area contributed by atoms with Crippen LogP contribution < -0.4 is 0 Å². The fraction of sp³-hybridized carbons (Fsp3) is 0. The Morgan fingerprint density at radius 3 is 2.50 bits per heavy atom. The molecular formula is C8H5Cl2FeN5. The zero-order valence-corrected chi connectivity index (χ0v) is 10.3. The molecule has 0 spiro atoms. The van der Waals surface area contributed by atoms with Crippen LogP contribution in [0.1, 0.15) is 11.4 Å². The third kappa shape index (κ3) is 7.05. The second kappa shape index (κ2) is 10.2. The number of aromatic nitrogens is 1. The van der Waals surface area contributed by atoms with E-state index in [2.05, 4.69) is 20.0 Å². The number of rotatable bonds is 2. The van der Waals surface area contributed by atoms with Crippen LogP contribution in [0, 0.1) is 18.0 Å². The van der Waals surface area contributed by atoms with E-state index in [4.69, 9.17) is 32.0 Å². The molecule has 0 aliphatic rings. The zero-order chi connectivity index (χ0) is 12.2. The van der Waals surface area contributed by atoms with Crippen LogP contribution in [0.5, 0.6) is 0 Å². The van der Waals surface area contributed by atoms with Crippen molar-refractivity contribution in [2.24, 2.45) is 10.1 Å². The van der Waals surface area contributed by atoms with Crippen LogP contribution in [0.25, 0.3) is 4.95 Å². The van der Waals surface area contributed by atoms with Gasteiger partial charge in [-0.2, -0.15) is 16.8 Å². The number of nitrogens with zero attached hydrogens (tertiary/aromatic N) is 4. The standard InChI is InChI=1S/C8H5N5.2ClH.Fe/c1-10-12-5-8-3-2-7(13-8)4-11-6-9;;;/h2-5,13H;2*1H;/q;;;+2/p-2/b11-4?,12-5+;;;. The molecule has 16 heavy (non-hydrogen) atoms. The first-order valence-corrected chi connectivity index (χ1v) is 6.68. The summed E-state index contributed by atoms with van der Waals surface area (Å²) >= 11 is 0.194. The third-order valence-corrected chi connectivity index (χ3v) is 1.25. The molecule has 5 nitrogen and oxygen atoms in total. The number of halogens is 2. The Bertz CT molecular complexity index is 402. The minimum atomic E-state index is 0.194. The maximum atomic E-state index is 8.15. The van der Waals surface area contributed by atoms with E-state index in [0.717, 1.165) is 0 Å². The topological polar surface area (TPSA) is 68.7 Å². The Hall–Kier alpha value is -1.30. The number of aliphatic imine (C=N–C) groups is 1. The predicted octanol–water partition coefficient (Wildman–Crippen LogP) is 2.54. The molecule has 1 N–H and O–H groups in total. The molecule has 0 saturated heterocycles. The van der Waals surface area contributed by atoms with Gasteiger partial charge in [-0.15, -0.1) is 4.95 Å². The number of hydrogen-bond acceptors (Lipinski definition) is 3. The molecule has 0 aliphatic heterocycles. The van der Waals surface area contributed by atoms with Crippen molar-refractivity contribution < 1.29 is 13.1 Å². The van der Waals surface area contributed by atoms with Crippen LogP contribution in [0.4, 0.5) is 0 Å². The van der Waals surface area contributed by atoms with Crippen molar-refractivity contribution in [3.05, 3.63) is 35.0 Å². The van der Waals surface area contributed by atoms with Crippen molar-refractivity contribution in [3.8, 4) is 6.19 Å². The summed E-state index contributed by atoms with van der Waals surface area (Å²) in [6.45, 7) is 6.41. The van der Waals surface area contributed by atoms with Gasteiger partial charge in [-0.05, 0) is 12.1 Å². The van der Waals surface area contributed by atoms with E-state index < -0.39 is 0 Å². The molecule has 84 valence electrons. The summed E-state index contributed by atoms with van der Waals surface area (Å²) in [5.41, 5.74) is 1.41. The number of hydrogen-bond donors (Lipinski definition) is 1. The molecule has 8 heteroatoms. The van der Waals surface area contributed by atoms with Crippen LogP contribution >= 0.6 is 20.2 Å². The van der Waals surface area contributed by atoms with Gasteiger partial charge in [-0.3, -0.25) is 0 Å².